The molecule has 0 aromatic carbocycles. The van der Waals surface area contributed by atoms with Gasteiger partial charge in [-0.05, 0) is 29.8 Å². The molecular formula is C19H16N6O. The van der Waals surface area contributed by atoms with Crippen molar-refractivity contribution in [2.75, 3.05) is 0 Å². The molecule has 7 heteroatoms. The predicted octanol–water partition coefficient (Wildman–Crippen LogP) is 2.20. The van der Waals surface area contributed by atoms with Gasteiger partial charge in [-0.15, -0.1) is 0 Å². The number of aromatic nitrogens is 5. The summed E-state index contributed by atoms with van der Waals surface area (Å²) in [7, 11) is 0. The fourth-order valence-corrected chi connectivity index (χ4v) is 2.65. The van der Waals surface area contributed by atoms with E-state index in [0.717, 1.165) is 16.9 Å². The van der Waals surface area contributed by atoms with E-state index in [9.17, 15) is 4.79 Å². The summed E-state index contributed by atoms with van der Waals surface area (Å²) in [5.74, 6) is -0.202. The highest BCUT2D eigenvalue weighted by Gasteiger charge is 2.11. The second kappa shape index (κ2) is 7.10. The summed E-state index contributed by atoms with van der Waals surface area (Å²) in [6.07, 6.45) is 8.54. The molecule has 0 radical (unpaired) electrons. The molecule has 0 aliphatic rings. The molecule has 0 saturated carbocycles. The summed E-state index contributed by atoms with van der Waals surface area (Å²) in [5.41, 5.74) is 3.75. The number of amides is 1. The molecule has 0 aliphatic carbocycles. The van der Waals surface area contributed by atoms with Crippen molar-refractivity contribution in [2.24, 2.45) is 0 Å². The molecular weight excluding hydrogens is 328 g/mol. The molecule has 26 heavy (non-hydrogen) atoms. The van der Waals surface area contributed by atoms with E-state index in [2.05, 4.69) is 25.3 Å². The zero-order valence-electron chi connectivity index (χ0n) is 13.9. The molecule has 0 aliphatic heterocycles. The summed E-state index contributed by atoms with van der Waals surface area (Å²) < 4.78 is 1.93. The lowest BCUT2D eigenvalue weighted by Gasteiger charge is -2.06. The van der Waals surface area contributed by atoms with Gasteiger partial charge in [0.2, 0.25) is 0 Å². The van der Waals surface area contributed by atoms with Crippen molar-refractivity contribution in [3.8, 4) is 0 Å². The number of hydrogen-bond acceptors (Lipinski definition) is 5. The molecule has 128 valence electrons. The Kier molecular flexibility index (Phi) is 4.34. The first kappa shape index (κ1) is 15.9. The highest BCUT2D eigenvalue weighted by atomic mass is 16.1. The molecule has 0 saturated heterocycles. The lowest BCUT2D eigenvalue weighted by atomic mass is 10.2. The van der Waals surface area contributed by atoms with Gasteiger partial charge >= 0.3 is 0 Å². The van der Waals surface area contributed by atoms with E-state index in [1.807, 2.05) is 41.1 Å². The van der Waals surface area contributed by atoms with Crippen molar-refractivity contribution in [1.29, 1.82) is 0 Å². The summed E-state index contributed by atoms with van der Waals surface area (Å²) in [6.45, 7) is 0.996. The highest BCUT2D eigenvalue weighted by molar-refractivity contribution is 5.96. The van der Waals surface area contributed by atoms with E-state index in [1.165, 1.54) is 0 Å². The van der Waals surface area contributed by atoms with Gasteiger partial charge in [0.15, 0.2) is 5.65 Å². The number of hydrogen-bond donors (Lipinski definition) is 1. The Labute approximate surface area is 149 Å². The molecule has 0 unspecified atom stereocenters. The van der Waals surface area contributed by atoms with Crippen LogP contribution in [-0.4, -0.2) is 30.4 Å². The van der Waals surface area contributed by atoms with Crippen LogP contribution in [0.2, 0.25) is 0 Å². The molecule has 0 spiro atoms. The van der Waals surface area contributed by atoms with E-state index in [1.54, 1.807) is 31.0 Å². The minimum Gasteiger partial charge on any atom is -0.346 e. The Hall–Kier alpha value is -3.61. The van der Waals surface area contributed by atoms with Crippen LogP contribution in [0.1, 0.15) is 21.6 Å². The number of carbonyl (C=O) groups is 1. The first-order valence-electron chi connectivity index (χ1n) is 8.17. The predicted molar refractivity (Wildman–Crippen MR) is 96.3 cm³/mol. The fourth-order valence-electron chi connectivity index (χ4n) is 2.65. The second-order valence-corrected chi connectivity index (χ2v) is 5.80. The molecule has 4 aromatic rings. The van der Waals surface area contributed by atoms with Crippen molar-refractivity contribution >= 4 is 17.1 Å². The van der Waals surface area contributed by atoms with Crippen molar-refractivity contribution in [2.45, 2.75) is 13.1 Å². The number of nitrogens with zero attached hydrogens (tertiary/aromatic N) is 5. The van der Waals surface area contributed by atoms with Crippen molar-refractivity contribution < 1.29 is 4.79 Å². The quantitative estimate of drug-likeness (QED) is 0.600. The summed E-state index contributed by atoms with van der Waals surface area (Å²) in [5, 5.41) is 2.84. The minimum absolute atomic E-state index is 0.202. The molecule has 1 amide bonds. The third-order valence-corrected chi connectivity index (χ3v) is 3.95. The lowest BCUT2D eigenvalue weighted by Crippen LogP contribution is -2.23. The molecule has 7 nitrogen and oxygen atoms in total. The zero-order valence-corrected chi connectivity index (χ0v) is 13.9. The monoisotopic (exact) mass is 344 g/mol. The van der Waals surface area contributed by atoms with Gasteiger partial charge in [-0.25, -0.2) is 9.97 Å². The molecule has 4 heterocycles. The smallest absolute Gasteiger partial charge is 0.253 e. The van der Waals surface area contributed by atoms with E-state index < -0.39 is 0 Å². The number of rotatable bonds is 5. The maximum atomic E-state index is 12.3. The van der Waals surface area contributed by atoms with Gasteiger partial charge in [0.05, 0.1) is 30.7 Å². The number of nitrogens with one attached hydrogen (secondary N) is 1. The standard InChI is InChI=1S/C19H16N6O/c26-19(23-11-16-5-1-2-7-21-16)15-8-17-18(22-10-15)25(13-24-17)12-14-4-3-6-20-9-14/h1-10,13H,11-12H2,(H,23,26). The van der Waals surface area contributed by atoms with Gasteiger partial charge in [-0.3, -0.25) is 14.8 Å². The van der Waals surface area contributed by atoms with Crippen LogP contribution in [-0.2, 0) is 13.1 Å². The van der Waals surface area contributed by atoms with Crippen LogP contribution < -0.4 is 5.32 Å². The van der Waals surface area contributed by atoms with Crippen molar-refractivity contribution in [3.05, 3.63) is 84.3 Å². The molecule has 4 aromatic heterocycles. The largest absolute Gasteiger partial charge is 0.346 e. The van der Waals surface area contributed by atoms with Crippen molar-refractivity contribution in [1.82, 2.24) is 29.8 Å². The van der Waals surface area contributed by atoms with Crippen LogP contribution in [0.4, 0.5) is 0 Å². The summed E-state index contributed by atoms with van der Waals surface area (Å²) >= 11 is 0. The number of imidazole rings is 1. The van der Waals surface area contributed by atoms with Gasteiger partial charge in [0.25, 0.3) is 5.91 Å². The molecule has 4 rings (SSSR count). The average Bonchev–Trinajstić information content (AvgIpc) is 3.10. The van der Waals surface area contributed by atoms with Gasteiger partial charge in [0, 0.05) is 24.8 Å². The van der Waals surface area contributed by atoms with E-state index >= 15 is 0 Å². The van der Waals surface area contributed by atoms with Crippen molar-refractivity contribution in [3.63, 3.8) is 0 Å². The Bertz CT molecular complexity index is 1030. The fraction of sp³-hybridized carbons (Fsp3) is 0.105. The minimum atomic E-state index is -0.202. The van der Waals surface area contributed by atoms with E-state index in [0.29, 0.717) is 24.2 Å². The van der Waals surface area contributed by atoms with Crippen LogP contribution in [0.25, 0.3) is 11.2 Å². The number of fused-ring (bicyclic) bond motifs is 1. The molecule has 0 atom stereocenters. The highest BCUT2D eigenvalue weighted by Crippen LogP contribution is 2.14. The second-order valence-electron chi connectivity index (χ2n) is 5.80. The van der Waals surface area contributed by atoms with Crippen LogP contribution in [0.5, 0.6) is 0 Å². The van der Waals surface area contributed by atoms with Crippen LogP contribution in [0.15, 0.2) is 67.5 Å². The van der Waals surface area contributed by atoms with Gasteiger partial charge in [-0.1, -0.05) is 12.1 Å². The maximum absolute atomic E-state index is 12.3. The van der Waals surface area contributed by atoms with Gasteiger partial charge < -0.3 is 9.88 Å². The third kappa shape index (κ3) is 3.41. The number of carbonyl (C=O) groups excluding carboxylic acids is 1. The Balaban J connectivity index is 1.50. The van der Waals surface area contributed by atoms with E-state index in [4.69, 9.17) is 0 Å². The normalized spacial score (nSPS) is 10.8. The SMILES string of the molecule is O=C(NCc1ccccn1)c1cnc2c(c1)ncn2Cc1cccnc1. The van der Waals surface area contributed by atoms with Crippen LogP contribution in [0.3, 0.4) is 0 Å². The van der Waals surface area contributed by atoms with Gasteiger partial charge in [0.1, 0.15) is 5.52 Å². The van der Waals surface area contributed by atoms with Gasteiger partial charge in [-0.2, -0.15) is 0 Å². The summed E-state index contributed by atoms with van der Waals surface area (Å²) in [6, 6.07) is 11.2. The Morgan fingerprint density at radius 1 is 1.04 bits per heavy atom. The Morgan fingerprint density at radius 2 is 2.00 bits per heavy atom. The molecule has 1 N–H and O–H groups in total. The average molecular weight is 344 g/mol. The lowest BCUT2D eigenvalue weighted by molar-refractivity contribution is 0.0950. The van der Waals surface area contributed by atoms with E-state index in [-0.39, 0.29) is 5.91 Å². The zero-order chi connectivity index (χ0) is 17.8. The first-order valence-corrected chi connectivity index (χ1v) is 8.17. The summed E-state index contributed by atoms with van der Waals surface area (Å²) in [4.78, 5) is 29.4. The topological polar surface area (TPSA) is 85.6 Å². The molecule has 0 fully saturated rings. The third-order valence-electron chi connectivity index (χ3n) is 3.95. The maximum Gasteiger partial charge on any atom is 0.253 e. The van der Waals surface area contributed by atoms with Crippen LogP contribution >= 0.6 is 0 Å². The molecule has 0 bridgehead atoms. The number of pyridine rings is 3. The first-order chi connectivity index (χ1) is 12.8. The van der Waals surface area contributed by atoms with Crippen LogP contribution in [0, 0.1) is 0 Å². The Morgan fingerprint density at radius 3 is 2.81 bits per heavy atom.